The number of hydrogen-bond donors (Lipinski definition) is 1. The zero-order chi connectivity index (χ0) is 18.1. The minimum Gasteiger partial charge on any atom is -0.481 e. The number of carboxylic acid groups (broad SMARTS) is 1. The molecule has 1 aliphatic rings. The van der Waals surface area contributed by atoms with Crippen molar-refractivity contribution in [2.24, 2.45) is 5.92 Å². The second-order valence-electron chi connectivity index (χ2n) is 5.92. The smallest absolute Gasteiger partial charge is 0.337 e. The van der Waals surface area contributed by atoms with E-state index in [2.05, 4.69) is 4.74 Å². The zero-order valence-corrected chi connectivity index (χ0v) is 14.7. The molecular weight excluding hydrogens is 334 g/mol. The maximum Gasteiger partial charge on any atom is 0.337 e. The van der Waals surface area contributed by atoms with Crippen molar-refractivity contribution in [3.05, 3.63) is 29.3 Å². The quantitative estimate of drug-likeness (QED) is 0.824. The van der Waals surface area contributed by atoms with Crippen molar-refractivity contribution in [3.63, 3.8) is 0 Å². The molecule has 24 heavy (non-hydrogen) atoms. The van der Waals surface area contributed by atoms with Crippen molar-refractivity contribution in [2.75, 3.05) is 13.7 Å². The van der Waals surface area contributed by atoms with Gasteiger partial charge in [0.05, 0.1) is 23.5 Å². The first-order chi connectivity index (χ1) is 11.2. The highest BCUT2D eigenvalue weighted by atomic mass is 32.2. The molecule has 1 aromatic carbocycles. The number of hydrogen-bond acceptors (Lipinski definition) is 5. The van der Waals surface area contributed by atoms with E-state index in [1.165, 1.54) is 23.5 Å². The van der Waals surface area contributed by atoms with Gasteiger partial charge < -0.3 is 9.84 Å². The summed E-state index contributed by atoms with van der Waals surface area (Å²) in [6.07, 6.45) is 0.931. The lowest BCUT2D eigenvalue weighted by atomic mass is 9.92. The lowest BCUT2D eigenvalue weighted by Crippen LogP contribution is -2.49. The van der Waals surface area contributed by atoms with Crippen LogP contribution in [0.2, 0.25) is 0 Å². The average Bonchev–Trinajstić information content (AvgIpc) is 2.54. The fourth-order valence-corrected chi connectivity index (χ4v) is 4.99. The Balaban J connectivity index is 2.46. The van der Waals surface area contributed by atoms with E-state index in [1.54, 1.807) is 19.9 Å². The first kappa shape index (κ1) is 18.4. The molecule has 0 aliphatic carbocycles. The summed E-state index contributed by atoms with van der Waals surface area (Å²) in [6.45, 7) is 3.50. The number of benzene rings is 1. The van der Waals surface area contributed by atoms with Crippen LogP contribution >= 0.6 is 0 Å². The van der Waals surface area contributed by atoms with Gasteiger partial charge in [-0.1, -0.05) is 6.07 Å². The number of aliphatic carboxylic acids is 1. The van der Waals surface area contributed by atoms with E-state index in [4.69, 9.17) is 0 Å². The minimum atomic E-state index is -3.91. The number of nitrogens with zero attached hydrogens (tertiary/aromatic N) is 1. The van der Waals surface area contributed by atoms with E-state index in [0.29, 0.717) is 18.4 Å². The van der Waals surface area contributed by atoms with Crippen LogP contribution in [-0.4, -0.2) is 49.5 Å². The van der Waals surface area contributed by atoms with Gasteiger partial charge in [0, 0.05) is 12.6 Å². The predicted octanol–water partition coefficient (Wildman–Crippen LogP) is 1.66. The molecule has 0 saturated carbocycles. The largest absolute Gasteiger partial charge is 0.481 e. The Morgan fingerprint density at radius 1 is 1.33 bits per heavy atom. The van der Waals surface area contributed by atoms with Crippen molar-refractivity contribution in [1.82, 2.24) is 4.31 Å². The molecule has 0 amide bonds. The highest BCUT2D eigenvalue weighted by Gasteiger charge is 2.40. The predicted molar refractivity (Wildman–Crippen MR) is 86.2 cm³/mol. The molecule has 0 bridgehead atoms. The highest BCUT2D eigenvalue weighted by molar-refractivity contribution is 7.89. The molecule has 0 aromatic heterocycles. The third kappa shape index (κ3) is 3.29. The van der Waals surface area contributed by atoms with Gasteiger partial charge in [-0.25, -0.2) is 13.2 Å². The standard InChI is InChI=1S/C16H21NO6S/c1-10-6-7-12(16(20)23-3)9-14(10)24(21,22)17-8-4-5-13(11(17)2)15(18)19/h6-7,9,11,13H,4-5,8H2,1-3H3,(H,18,19)/t11-,13-/m0/s1. The van der Waals surface area contributed by atoms with Crippen LogP contribution in [-0.2, 0) is 19.6 Å². The average molecular weight is 355 g/mol. The zero-order valence-electron chi connectivity index (χ0n) is 13.9. The number of piperidine rings is 1. The topological polar surface area (TPSA) is 101 Å². The van der Waals surface area contributed by atoms with Crippen molar-refractivity contribution in [2.45, 2.75) is 37.6 Å². The molecule has 1 N–H and O–H groups in total. The van der Waals surface area contributed by atoms with Crippen LogP contribution in [0.25, 0.3) is 0 Å². The summed E-state index contributed by atoms with van der Waals surface area (Å²) in [4.78, 5) is 23.0. The molecule has 2 atom stereocenters. The molecule has 7 nitrogen and oxygen atoms in total. The lowest BCUT2D eigenvalue weighted by Gasteiger charge is -2.36. The van der Waals surface area contributed by atoms with Gasteiger partial charge in [0.2, 0.25) is 10.0 Å². The third-order valence-corrected chi connectivity index (χ3v) is 6.57. The van der Waals surface area contributed by atoms with Gasteiger partial charge in [-0.05, 0) is 44.4 Å². The molecule has 1 heterocycles. The van der Waals surface area contributed by atoms with E-state index in [1.807, 2.05) is 0 Å². The number of carbonyl (C=O) groups is 2. The fraction of sp³-hybridized carbons (Fsp3) is 0.500. The van der Waals surface area contributed by atoms with Gasteiger partial charge in [-0.2, -0.15) is 4.31 Å². The molecule has 8 heteroatoms. The molecule has 1 saturated heterocycles. The first-order valence-electron chi connectivity index (χ1n) is 7.63. The molecule has 132 valence electrons. The summed E-state index contributed by atoms with van der Waals surface area (Å²) in [6, 6.07) is 3.68. The van der Waals surface area contributed by atoms with Crippen LogP contribution in [0.3, 0.4) is 0 Å². The van der Waals surface area contributed by atoms with Crippen LogP contribution < -0.4 is 0 Å². The van der Waals surface area contributed by atoms with Crippen LogP contribution in [0.4, 0.5) is 0 Å². The van der Waals surface area contributed by atoms with Gasteiger partial charge in [-0.15, -0.1) is 0 Å². The number of sulfonamides is 1. The fourth-order valence-electron chi connectivity index (χ4n) is 3.03. The van der Waals surface area contributed by atoms with E-state index < -0.39 is 33.9 Å². The second-order valence-corrected chi connectivity index (χ2v) is 7.77. The SMILES string of the molecule is COC(=O)c1ccc(C)c(S(=O)(=O)N2CCC[C@H](C(=O)O)[C@@H]2C)c1. The molecule has 1 aliphatic heterocycles. The summed E-state index contributed by atoms with van der Waals surface area (Å²) in [5.41, 5.74) is 0.633. The first-order valence-corrected chi connectivity index (χ1v) is 9.07. The van der Waals surface area contributed by atoms with Gasteiger partial charge in [0.1, 0.15) is 0 Å². The molecule has 1 aromatic rings. The Bertz CT molecular complexity index is 758. The molecular formula is C16H21NO6S. The van der Waals surface area contributed by atoms with Crippen molar-refractivity contribution in [3.8, 4) is 0 Å². The van der Waals surface area contributed by atoms with Gasteiger partial charge >= 0.3 is 11.9 Å². The maximum atomic E-state index is 13.0. The van der Waals surface area contributed by atoms with E-state index in [9.17, 15) is 23.1 Å². The maximum absolute atomic E-state index is 13.0. The van der Waals surface area contributed by atoms with Crippen LogP contribution in [0, 0.1) is 12.8 Å². The second kappa shape index (κ2) is 6.90. The molecule has 0 radical (unpaired) electrons. The normalized spacial score (nSPS) is 22.1. The Kier molecular flexibility index (Phi) is 5.29. The summed E-state index contributed by atoms with van der Waals surface area (Å²) in [5, 5.41) is 9.28. The van der Waals surface area contributed by atoms with Crippen molar-refractivity contribution in [1.29, 1.82) is 0 Å². The van der Waals surface area contributed by atoms with Gasteiger partial charge in [-0.3, -0.25) is 4.79 Å². The summed E-state index contributed by atoms with van der Waals surface area (Å²) in [7, 11) is -2.69. The van der Waals surface area contributed by atoms with E-state index in [0.717, 1.165) is 0 Å². The third-order valence-electron chi connectivity index (χ3n) is 4.44. The molecule has 2 rings (SSSR count). The van der Waals surface area contributed by atoms with Crippen molar-refractivity contribution < 1.29 is 27.9 Å². The Morgan fingerprint density at radius 3 is 2.58 bits per heavy atom. The Hall–Kier alpha value is -1.93. The monoisotopic (exact) mass is 355 g/mol. The van der Waals surface area contributed by atoms with Crippen molar-refractivity contribution >= 4 is 22.0 Å². The summed E-state index contributed by atoms with van der Waals surface area (Å²) in [5.74, 6) is -2.36. The van der Waals surface area contributed by atoms with Crippen LogP contribution in [0.1, 0.15) is 35.7 Å². The van der Waals surface area contributed by atoms with Gasteiger partial charge in [0.15, 0.2) is 0 Å². The number of aryl methyl sites for hydroxylation is 1. The molecule has 0 spiro atoms. The Labute approximate surface area is 141 Å². The Morgan fingerprint density at radius 2 is 2.00 bits per heavy atom. The number of carboxylic acids is 1. The molecule has 1 fully saturated rings. The summed E-state index contributed by atoms with van der Waals surface area (Å²) < 4.78 is 31.9. The number of carbonyl (C=O) groups excluding carboxylic acids is 1. The highest BCUT2D eigenvalue weighted by Crippen LogP contribution is 2.31. The van der Waals surface area contributed by atoms with E-state index in [-0.39, 0.29) is 17.0 Å². The lowest BCUT2D eigenvalue weighted by molar-refractivity contribution is -0.144. The summed E-state index contributed by atoms with van der Waals surface area (Å²) >= 11 is 0. The number of ether oxygens (including phenoxy) is 1. The molecule has 0 unspecified atom stereocenters. The van der Waals surface area contributed by atoms with Crippen LogP contribution in [0.15, 0.2) is 23.1 Å². The minimum absolute atomic E-state index is 0.00305. The number of methoxy groups -OCH3 is 1. The number of esters is 1. The van der Waals surface area contributed by atoms with Crippen LogP contribution in [0.5, 0.6) is 0 Å². The van der Waals surface area contributed by atoms with Gasteiger partial charge in [0.25, 0.3) is 0 Å². The van der Waals surface area contributed by atoms with E-state index >= 15 is 0 Å². The number of rotatable bonds is 4.